The maximum absolute atomic E-state index is 13.6. The standard InChI is InChI=1S/C24H23ClN2O3/c1-13-5-10-17(14(2)12-13)27-23(29)19-18-4-3-11-26(18)21(20(19)24(27)30)22(28)15-6-8-16(25)9-7-15/h5-10,12,18-21H,3-4,11H2,1-2H3/p+1/t18-,19-,20+,21-/m0/s1. The van der Waals surface area contributed by atoms with E-state index in [0.717, 1.165) is 35.4 Å². The SMILES string of the molecule is Cc1ccc(N2C(=O)[C@@H]3[C@@H](C2=O)[C@@H]2CCC[NH+]2[C@@H]3C(=O)c2ccc(Cl)cc2)c(C)c1. The molecule has 5 nitrogen and oxygen atoms in total. The predicted octanol–water partition coefficient (Wildman–Crippen LogP) is 2.37. The third kappa shape index (κ3) is 2.76. The first kappa shape index (κ1) is 19.5. The van der Waals surface area contributed by atoms with Crippen molar-refractivity contribution in [2.75, 3.05) is 11.4 Å². The highest BCUT2D eigenvalue weighted by Crippen LogP contribution is 2.41. The Kier molecular flexibility index (Phi) is 4.56. The molecule has 154 valence electrons. The second-order valence-corrected chi connectivity index (χ2v) is 9.21. The Bertz CT molecular complexity index is 1060. The number of rotatable bonds is 3. The molecule has 3 fully saturated rings. The molecule has 1 unspecified atom stereocenters. The Hall–Kier alpha value is -2.50. The van der Waals surface area contributed by atoms with E-state index in [-0.39, 0.29) is 23.6 Å². The second-order valence-electron chi connectivity index (χ2n) is 8.78. The number of anilines is 1. The number of fused-ring (bicyclic) bond motifs is 3. The van der Waals surface area contributed by atoms with Crippen molar-refractivity contribution < 1.29 is 19.3 Å². The quantitative estimate of drug-likeness (QED) is 0.609. The van der Waals surface area contributed by atoms with E-state index in [1.54, 1.807) is 24.3 Å². The number of halogens is 1. The van der Waals surface area contributed by atoms with Crippen molar-refractivity contribution in [1.29, 1.82) is 0 Å². The number of carbonyl (C=O) groups is 3. The minimum atomic E-state index is -0.596. The summed E-state index contributed by atoms with van der Waals surface area (Å²) in [5.74, 6) is -1.46. The Morgan fingerprint density at radius 2 is 1.73 bits per heavy atom. The number of Topliss-reactive ketones (excluding diaryl/α,β-unsaturated/α-hetero) is 1. The number of ketones is 1. The van der Waals surface area contributed by atoms with Gasteiger partial charge in [-0.05, 0) is 49.7 Å². The molecule has 6 heteroatoms. The fourth-order valence-corrected chi connectivity index (χ4v) is 5.95. The van der Waals surface area contributed by atoms with Crippen LogP contribution in [0.25, 0.3) is 0 Å². The molecule has 0 saturated carbocycles. The summed E-state index contributed by atoms with van der Waals surface area (Å²) in [7, 11) is 0. The average molecular weight is 424 g/mol. The van der Waals surface area contributed by atoms with Crippen LogP contribution in [0.3, 0.4) is 0 Å². The van der Waals surface area contributed by atoms with E-state index in [2.05, 4.69) is 0 Å². The van der Waals surface area contributed by atoms with Gasteiger partial charge in [0.2, 0.25) is 17.6 Å². The van der Waals surface area contributed by atoms with Gasteiger partial charge >= 0.3 is 0 Å². The van der Waals surface area contributed by atoms with Crippen molar-refractivity contribution >= 4 is 34.9 Å². The van der Waals surface area contributed by atoms with Crippen LogP contribution >= 0.6 is 11.6 Å². The summed E-state index contributed by atoms with van der Waals surface area (Å²) < 4.78 is 0. The number of nitrogens with one attached hydrogen (secondary N) is 1. The lowest BCUT2D eigenvalue weighted by atomic mass is 9.85. The molecular formula is C24H24ClN2O3+. The van der Waals surface area contributed by atoms with E-state index in [0.29, 0.717) is 16.3 Å². The molecule has 0 radical (unpaired) electrons. The van der Waals surface area contributed by atoms with Crippen molar-refractivity contribution in [1.82, 2.24) is 0 Å². The van der Waals surface area contributed by atoms with Gasteiger partial charge in [-0.25, -0.2) is 4.90 Å². The number of carbonyl (C=O) groups excluding carboxylic acids is 3. The lowest BCUT2D eigenvalue weighted by Gasteiger charge is -2.26. The summed E-state index contributed by atoms with van der Waals surface area (Å²) in [5, 5.41) is 0.565. The van der Waals surface area contributed by atoms with Gasteiger partial charge in [0, 0.05) is 23.4 Å². The van der Waals surface area contributed by atoms with E-state index in [1.165, 1.54) is 4.90 Å². The molecule has 3 heterocycles. The van der Waals surface area contributed by atoms with E-state index >= 15 is 0 Å². The Morgan fingerprint density at radius 1 is 1.03 bits per heavy atom. The van der Waals surface area contributed by atoms with Gasteiger partial charge in [0.05, 0.1) is 12.2 Å². The van der Waals surface area contributed by atoms with Gasteiger partial charge in [0.1, 0.15) is 17.9 Å². The summed E-state index contributed by atoms with van der Waals surface area (Å²) in [5.41, 5.74) is 3.17. The van der Waals surface area contributed by atoms with Crippen molar-refractivity contribution in [2.24, 2.45) is 11.8 Å². The molecule has 5 rings (SSSR count). The highest BCUT2D eigenvalue weighted by Gasteiger charge is 2.68. The van der Waals surface area contributed by atoms with Crippen LogP contribution in [0, 0.1) is 25.7 Å². The average Bonchev–Trinajstić information content (AvgIpc) is 3.35. The molecule has 3 aliphatic heterocycles. The maximum atomic E-state index is 13.6. The normalized spacial score (nSPS) is 30.0. The Balaban J connectivity index is 1.56. The van der Waals surface area contributed by atoms with E-state index in [4.69, 9.17) is 11.6 Å². The number of amides is 2. The summed E-state index contributed by atoms with van der Waals surface area (Å²) in [6, 6.07) is 12.1. The minimum absolute atomic E-state index is 0.0310. The Labute approximate surface area is 180 Å². The summed E-state index contributed by atoms with van der Waals surface area (Å²) in [6.45, 7) is 4.73. The van der Waals surface area contributed by atoms with Gasteiger partial charge in [-0.3, -0.25) is 14.4 Å². The van der Waals surface area contributed by atoms with Crippen LogP contribution in [0.1, 0.15) is 34.3 Å². The van der Waals surface area contributed by atoms with Gasteiger partial charge in [-0.15, -0.1) is 0 Å². The van der Waals surface area contributed by atoms with Crippen molar-refractivity contribution in [3.63, 3.8) is 0 Å². The van der Waals surface area contributed by atoms with Crippen molar-refractivity contribution in [2.45, 2.75) is 38.8 Å². The zero-order valence-corrected chi connectivity index (χ0v) is 17.8. The molecule has 0 spiro atoms. The predicted molar refractivity (Wildman–Crippen MR) is 114 cm³/mol. The summed E-state index contributed by atoms with van der Waals surface area (Å²) >= 11 is 5.99. The molecule has 3 saturated heterocycles. The smallest absolute Gasteiger partial charge is 0.244 e. The van der Waals surface area contributed by atoms with Crippen LogP contribution in [-0.2, 0) is 9.59 Å². The molecule has 0 aliphatic carbocycles. The van der Waals surface area contributed by atoms with Crippen LogP contribution < -0.4 is 9.80 Å². The minimum Gasteiger partial charge on any atom is -0.322 e. The molecular weight excluding hydrogens is 400 g/mol. The molecule has 2 amide bonds. The number of aryl methyl sites for hydroxylation is 2. The summed E-state index contributed by atoms with van der Waals surface area (Å²) in [4.78, 5) is 43.0. The zero-order chi connectivity index (χ0) is 21.2. The topological polar surface area (TPSA) is 58.9 Å². The van der Waals surface area contributed by atoms with Crippen LogP contribution in [-0.4, -0.2) is 36.2 Å². The number of imide groups is 1. The number of hydrogen-bond donors (Lipinski definition) is 1. The highest BCUT2D eigenvalue weighted by atomic mass is 35.5. The monoisotopic (exact) mass is 423 g/mol. The third-order valence-electron chi connectivity index (χ3n) is 7.05. The molecule has 5 atom stereocenters. The fraction of sp³-hybridized carbons (Fsp3) is 0.375. The highest BCUT2D eigenvalue weighted by molar-refractivity contribution is 6.30. The number of hydrogen-bond acceptors (Lipinski definition) is 3. The van der Waals surface area contributed by atoms with Gasteiger partial charge < -0.3 is 4.90 Å². The number of quaternary nitrogens is 1. The van der Waals surface area contributed by atoms with Crippen molar-refractivity contribution in [3.8, 4) is 0 Å². The second kappa shape index (κ2) is 7.03. The van der Waals surface area contributed by atoms with Crippen molar-refractivity contribution in [3.05, 3.63) is 64.2 Å². The van der Waals surface area contributed by atoms with Gasteiger partial charge in [-0.1, -0.05) is 29.3 Å². The molecule has 0 bridgehead atoms. The zero-order valence-electron chi connectivity index (χ0n) is 17.0. The molecule has 30 heavy (non-hydrogen) atoms. The first-order valence-corrected chi connectivity index (χ1v) is 10.9. The number of benzene rings is 2. The first-order chi connectivity index (χ1) is 14.4. The van der Waals surface area contributed by atoms with Crippen LogP contribution in [0.5, 0.6) is 0 Å². The van der Waals surface area contributed by atoms with Crippen LogP contribution in [0.15, 0.2) is 42.5 Å². The van der Waals surface area contributed by atoms with Crippen LogP contribution in [0.2, 0.25) is 5.02 Å². The van der Waals surface area contributed by atoms with Gasteiger partial charge in [-0.2, -0.15) is 0 Å². The maximum Gasteiger partial charge on any atom is 0.244 e. The lowest BCUT2D eigenvalue weighted by Crippen LogP contribution is -3.16. The molecule has 0 aromatic heterocycles. The number of nitrogens with zero attached hydrogens (tertiary/aromatic N) is 1. The van der Waals surface area contributed by atoms with E-state index in [9.17, 15) is 14.4 Å². The molecule has 2 aromatic carbocycles. The Morgan fingerprint density at radius 3 is 2.43 bits per heavy atom. The van der Waals surface area contributed by atoms with Crippen LogP contribution in [0.4, 0.5) is 5.69 Å². The molecule has 2 aromatic rings. The first-order valence-electron chi connectivity index (χ1n) is 10.5. The lowest BCUT2D eigenvalue weighted by molar-refractivity contribution is -0.915. The molecule has 3 aliphatic rings. The van der Waals surface area contributed by atoms with E-state index < -0.39 is 17.9 Å². The molecule has 1 N–H and O–H groups in total. The fourth-order valence-electron chi connectivity index (χ4n) is 5.83. The third-order valence-corrected chi connectivity index (χ3v) is 7.30. The largest absolute Gasteiger partial charge is 0.322 e. The van der Waals surface area contributed by atoms with Gasteiger partial charge in [0.25, 0.3) is 0 Å². The van der Waals surface area contributed by atoms with Gasteiger partial charge in [0.15, 0.2) is 6.04 Å². The summed E-state index contributed by atoms with van der Waals surface area (Å²) in [6.07, 6.45) is 1.85. The van der Waals surface area contributed by atoms with E-state index in [1.807, 2.05) is 32.0 Å².